The molecular formula is C5H7InO2. The van der Waals surface area contributed by atoms with Gasteiger partial charge in [-0.05, 0) is 0 Å². The third kappa shape index (κ3) is 1.28. The van der Waals surface area contributed by atoms with Gasteiger partial charge >= 0.3 is 55.6 Å². The number of hydrogen-bond donors (Lipinski definition) is 1. The fourth-order valence-electron chi connectivity index (χ4n) is 0.819. The summed E-state index contributed by atoms with van der Waals surface area (Å²) in [5.74, 6) is 0. The van der Waals surface area contributed by atoms with E-state index in [4.69, 9.17) is 5.11 Å². The first-order valence-corrected chi connectivity index (χ1v) is 8.99. The first kappa shape index (κ1) is 6.20. The molecule has 0 radical (unpaired) electrons. The third-order valence-corrected chi connectivity index (χ3v) is 8.15. The van der Waals surface area contributed by atoms with E-state index in [-0.39, 0.29) is 0 Å². The Kier molecular flexibility index (Phi) is 2.00. The molecule has 8 heavy (non-hydrogen) atoms. The van der Waals surface area contributed by atoms with Gasteiger partial charge in [0, 0.05) is 0 Å². The Balaban J connectivity index is 2.41. The molecule has 1 rings (SSSR count). The predicted octanol–water partition coefficient (Wildman–Crippen LogP) is 1.31. The van der Waals surface area contributed by atoms with Gasteiger partial charge in [-0.25, -0.2) is 0 Å². The summed E-state index contributed by atoms with van der Waals surface area (Å²) in [4.78, 5) is 10.3. The van der Waals surface area contributed by atoms with Crippen LogP contribution in [0.4, 0.5) is 4.79 Å². The van der Waals surface area contributed by atoms with Crippen molar-refractivity contribution < 1.29 is 9.90 Å². The fraction of sp³-hybridized carbons (Fsp3) is 0.400. The van der Waals surface area contributed by atoms with Gasteiger partial charge in [-0.3, -0.25) is 0 Å². The van der Waals surface area contributed by atoms with E-state index in [1.807, 2.05) is 12.2 Å². The van der Waals surface area contributed by atoms with Gasteiger partial charge in [0.2, 0.25) is 0 Å². The zero-order valence-corrected chi connectivity index (χ0v) is 7.80. The van der Waals surface area contributed by atoms with Crippen molar-refractivity contribution in [1.82, 2.24) is 0 Å². The van der Waals surface area contributed by atoms with Gasteiger partial charge in [0.1, 0.15) is 0 Å². The summed E-state index contributed by atoms with van der Waals surface area (Å²) in [6.07, 6.45) is 4.02. The summed E-state index contributed by atoms with van der Waals surface area (Å²) in [5, 5.41) is 8.47. The number of carboxylic acid groups (broad SMARTS) is 1. The topological polar surface area (TPSA) is 37.3 Å². The second-order valence-corrected chi connectivity index (χ2v) is 10.1. The molecule has 0 amide bonds. The van der Waals surface area contributed by atoms with Crippen molar-refractivity contribution in [3.05, 3.63) is 12.2 Å². The molecule has 1 aliphatic rings. The first-order valence-electron chi connectivity index (χ1n) is 2.68. The van der Waals surface area contributed by atoms with Crippen molar-refractivity contribution in [1.29, 1.82) is 0 Å². The summed E-state index contributed by atoms with van der Waals surface area (Å²) in [6.45, 7) is 0. The molecule has 0 aromatic rings. The Morgan fingerprint density at radius 3 is 2.25 bits per heavy atom. The van der Waals surface area contributed by atoms with E-state index in [1.165, 1.54) is 0 Å². The standard InChI is InChI=1S/C4H6.CHO2.In/c1-3-4-2;2-1-3;/h3-4H,1-2H2;(H,2,3);. The maximum absolute atomic E-state index is 10.3. The molecule has 0 aliphatic carbocycles. The van der Waals surface area contributed by atoms with Gasteiger partial charge in [-0.1, -0.05) is 0 Å². The molecule has 0 aromatic heterocycles. The second-order valence-electron chi connectivity index (χ2n) is 1.98. The Hall–Kier alpha value is 0.0801. The van der Waals surface area contributed by atoms with Gasteiger partial charge in [-0.2, -0.15) is 0 Å². The van der Waals surface area contributed by atoms with Crippen molar-refractivity contribution in [3.63, 3.8) is 0 Å². The van der Waals surface area contributed by atoms with Crippen LogP contribution < -0.4 is 0 Å². The van der Waals surface area contributed by atoms with Crippen LogP contribution in [0.5, 0.6) is 0 Å². The minimum absolute atomic E-state index is 0.461. The molecule has 0 saturated heterocycles. The third-order valence-electron chi connectivity index (χ3n) is 1.36. The Bertz CT molecular complexity index is 122. The Morgan fingerprint density at radius 2 is 2.00 bits per heavy atom. The number of allylic oxidation sites excluding steroid dienone is 2. The number of carbonyl (C=O) groups is 1. The van der Waals surface area contributed by atoms with Crippen LogP contribution >= 0.6 is 0 Å². The van der Waals surface area contributed by atoms with Gasteiger partial charge in [0.05, 0.1) is 0 Å². The Morgan fingerprint density at radius 1 is 1.50 bits per heavy atom. The average Bonchev–Trinajstić information content (AvgIpc) is 2.12. The molecule has 1 heterocycles. The van der Waals surface area contributed by atoms with E-state index < -0.39 is 25.2 Å². The van der Waals surface area contributed by atoms with Crippen LogP contribution in [-0.2, 0) is 0 Å². The molecule has 0 unspecified atom stereocenters. The summed E-state index contributed by atoms with van der Waals surface area (Å²) < 4.78 is 1.39. The molecule has 42 valence electrons. The van der Waals surface area contributed by atoms with E-state index in [9.17, 15) is 4.79 Å². The molecule has 0 fully saturated rings. The Labute approximate surface area is 55.7 Å². The first-order chi connectivity index (χ1) is 3.80. The second kappa shape index (κ2) is 2.58. The van der Waals surface area contributed by atoms with Crippen LogP contribution in [0.2, 0.25) is 8.35 Å². The molecule has 1 aliphatic heterocycles. The summed E-state index contributed by atoms with van der Waals surface area (Å²) in [7, 11) is 0. The van der Waals surface area contributed by atoms with Crippen LogP contribution in [0, 0.1) is 0 Å². The molecule has 0 bridgehead atoms. The number of hydrogen-bond acceptors (Lipinski definition) is 1. The molecule has 0 atom stereocenters. The molecular weight excluding hydrogens is 207 g/mol. The van der Waals surface area contributed by atoms with Gasteiger partial charge < -0.3 is 0 Å². The van der Waals surface area contributed by atoms with Gasteiger partial charge in [-0.15, -0.1) is 0 Å². The monoisotopic (exact) mass is 214 g/mol. The van der Waals surface area contributed by atoms with Crippen LogP contribution in [-0.4, -0.2) is 30.3 Å². The van der Waals surface area contributed by atoms with E-state index >= 15 is 0 Å². The van der Waals surface area contributed by atoms with E-state index in [0.29, 0.717) is 0 Å². The van der Waals surface area contributed by atoms with Crippen LogP contribution in [0.1, 0.15) is 0 Å². The van der Waals surface area contributed by atoms with Gasteiger partial charge in [0.25, 0.3) is 0 Å². The van der Waals surface area contributed by atoms with Crippen LogP contribution in [0.15, 0.2) is 12.2 Å². The quantitative estimate of drug-likeness (QED) is 0.668. The SMILES string of the molecule is O=[C](O)[In]1[CH2]C=C[CH2]1. The summed E-state index contributed by atoms with van der Waals surface area (Å²) in [6, 6.07) is 0. The normalized spacial score (nSPS) is 17.2. The van der Waals surface area contributed by atoms with Crippen molar-refractivity contribution in [2.45, 2.75) is 8.35 Å². The minimum atomic E-state index is -1.97. The molecule has 2 nitrogen and oxygen atoms in total. The zero-order valence-electron chi connectivity index (χ0n) is 4.50. The van der Waals surface area contributed by atoms with Crippen molar-refractivity contribution in [3.8, 4) is 0 Å². The fourth-order valence-corrected chi connectivity index (χ4v) is 5.49. The predicted molar refractivity (Wildman–Crippen MR) is 32.5 cm³/mol. The average molecular weight is 214 g/mol. The summed E-state index contributed by atoms with van der Waals surface area (Å²) >= 11 is -1.97. The van der Waals surface area contributed by atoms with Crippen LogP contribution in [0.3, 0.4) is 0 Å². The number of rotatable bonds is 1. The van der Waals surface area contributed by atoms with Crippen LogP contribution in [0.25, 0.3) is 0 Å². The molecule has 0 spiro atoms. The summed E-state index contributed by atoms with van der Waals surface area (Å²) in [5.41, 5.74) is 0. The maximum atomic E-state index is 10.3. The van der Waals surface area contributed by atoms with Gasteiger partial charge in [0.15, 0.2) is 0 Å². The van der Waals surface area contributed by atoms with Crippen molar-refractivity contribution >= 4 is 25.2 Å². The zero-order chi connectivity index (χ0) is 5.98. The van der Waals surface area contributed by atoms with Crippen molar-refractivity contribution in [2.75, 3.05) is 0 Å². The molecule has 3 heteroatoms. The molecule has 0 saturated carbocycles. The molecule has 1 N–H and O–H groups in total. The molecule has 0 aromatic carbocycles. The van der Waals surface area contributed by atoms with E-state index in [0.717, 1.165) is 8.35 Å². The van der Waals surface area contributed by atoms with E-state index in [2.05, 4.69) is 0 Å². The van der Waals surface area contributed by atoms with E-state index in [1.54, 1.807) is 0 Å². The van der Waals surface area contributed by atoms with Crippen molar-refractivity contribution in [2.24, 2.45) is 0 Å².